The Bertz CT molecular complexity index is 374. The molecule has 0 aromatic heterocycles. The first-order chi connectivity index (χ1) is 7.10. The number of ketones is 1. The van der Waals surface area contributed by atoms with Gasteiger partial charge < -0.3 is 15.2 Å². The van der Waals surface area contributed by atoms with Gasteiger partial charge in [-0.1, -0.05) is 0 Å². The summed E-state index contributed by atoms with van der Waals surface area (Å²) in [5.74, 6) is 0.995. The Kier molecular flexibility index (Phi) is 3.55. The second kappa shape index (κ2) is 4.68. The highest BCUT2D eigenvalue weighted by atomic mass is 16.5. The van der Waals surface area contributed by atoms with Crippen LogP contribution in [-0.2, 0) is 0 Å². The lowest BCUT2D eigenvalue weighted by molar-refractivity contribution is 0.101. The monoisotopic (exact) mass is 209 g/mol. The zero-order chi connectivity index (χ0) is 11.4. The summed E-state index contributed by atoms with van der Waals surface area (Å²) >= 11 is 0. The SMILES string of the molecule is CCOc1cc(C(C)=O)c(N)cc1OC. The number of benzene rings is 1. The average Bonchev–Trinajstić information content (AvgIpc) is 2.20. The standard InChI is InChI=1S/C11H15NO3/c1-4-15-11-5-8(7(2)13)9(12)6-10(11)14-3/h5-6H,4,12H2,1-3H3. The van der Waals surface area contributed by atoms with Crippen molar-refractivity contribution in [1.29, 1.82) is 0 Å². The molecule has 4 heteroatoms. The molecule has 0 amide bonds. The smallest absolute Gasteiger partial charge is 0.162 e. The van der Waals surface area contributed by atoms with Crippen molar-refractivity contribution in [1.82, 2.24) is 0 Å². The summed E-state index contributed by atoms with van der Waals surface area (Å²) in [5, 5.41) is 0. The number of Topliss-reactive ketones (excluding diaryl/α,β-unsaturated/α-hetero) is 1. The van der Waals surface area contributed by atoms with Crippen molar-refractivity contribution in [3.63, 3.8) is 0 Å². The van der Waals surface area contributed by atoms with Gasteiger partial charge in [-0.05, 0) is 19.9 Å². The molecule has 0 bridgehead atoms. The molecule has 0 radical (unpaired) electrons. The number of ether oxygens (including phenoxy) is 2. The zero-order valence-electron chi connectivity index (χ0n) is 9.16. The van der Waals surface area contributed by atoms with Crippen LogP contribution in [0, 0.1) is 0 Å². The van der Waals surface area contributed by atoms with Gasteiger partial charge in [0.1, 0.15) is 0 Å². The first kappa shape index (κ1) is 11.4. The Morgan fingerprint density at radius 3 is 2.53 bits per heavy atom. The van der Waals surface area contributed by atoms with E-state index in [2.05, 4.69) is 0 Å². The van der Waals surface area contributed by atoms with Crippen LogP contribution in [0.5, 0.6) is 11.5 Å². The lowest BCUT2D eigenvalue weighted by atomic mass is 10.1. The molecule has 0 atom stereocenters. The topological polar surface area (TPSA) is 61.5 Å². The first-order valence-corrected chi connectivity index (χ1v) is 4.71. The summed E-state index contributed by atoms with van der Waals surface area (Å²) in [5.41, 5.74) is 6.57. The van der Waals surface area contributed by atoms with Crippen LogP contribution < -0.4 is 15.2 Å². The summed E-state index contributed by atoms with van der Waals surface area (Å²) in [7, 11) is 1.53. The maximum absolute atomic E-state index is 11.2. The highest BCUT2D eigenvalue weighted by Crippen LogP contribution is 2.32. The third-order valence-corrected chi connectivity index (χ3v) is 2.01. The van der Waals surface area contributed by atoms with Gasteiger partial charge in [0.2, 0.25) is 0 Å². The van der Waals surface area contributed by atoms with Gasteiger partial charge in [-0.3, -0.25) is 4.79 Å². The molecule has 0 aliphatic heterocycles. The van der Waals surface area contributed by atoms with E-state index in [1.54, 1.807) is 12.1 Å². The van der Waals surface area contributed by atoms with E-state index < -0.39 is 0 Å². The van der Waals surface area contributed by atoms with Crippen LogP contribution in [-0.4, -0.2) is 19.5 Å². The van der Waals surface area contributed by atoms with Crippen LogP contribution in [0.3, 0.4) is 0 Å². The van der Waals surface area contributed by atoms with Crippen LogP contribution in [0.4, 0.5) is 5.69 Å². The molecule has 4 nitrogen and oxygen atoms in total. The number of carbonyl (C=O) groups is 1. The second-order valence-corrected chi connectivity index (χ2v) is 3.08. The van der Waals surface area contributed by atoms with Crippen molar-refractivity contribution in [2.45, 2.75) is 13.8 Å². The molecule has 0 unspecified atom stereocenters. The molecular formula is C11H15NO3. The predicted octanol–water partition coefficient (Wildman–Crippen LogP) is 1.88. The van der Waals surface area contributed by atoms with E-state index in [0.717, 1.165) is 0 Å². The number of anilines is 1. The number of rotatable bonds is 4. The van der Waals surface area contributed by atoms with E-state index in [0.29, 0.717) is 29.4 Å². The Labute approximate surface area is 89.0 Å². The van der Waals surface area contributed by atoms with Crippen LogP contribution in [0.1, 0.15) is 24.2 Å². The number of hydrogen-bond donors (Lipinski definition) is 1. The third-order valence-electron chi connectivity index (χ3n) is 2.01. The summed E-state index contributed by atoms with van der Waals surface area (Å²) in [6.07, 6.45) is 0. The van der Waals surface area contributed by atoms with E-state index in [1.807, 2.05) is 6.92 Å². The van der Waals surface area contributed by atoms with Gasteiger partial charge in [-0.25, -0.2) is 0 Å². The fourth-order valence-corrected chi connectivity index (χ4v) is 1.31. The minimum absolute atomic E-state index is 0.0869. The summed E-state index contributed by atoms with van der Waals surface area (Å²) < 4.78 is 10.4. The van der Waals surface area contributed by atoms with Gasteiger partial charge in [0.15, 0.2) is 17.3 Å². The lowest BCUT2D eigenvalue weighted by Crippen LogP contribution is -2.03. The van der Waals surface area contributed by atoms with Gasteiger partial charge in [-0.2, -0.15) is 0 Å². The number of nitrogens with two attached hydrogens (primary N) is 1. The predicted molar refractivity (Wildman–Crippen MR) is 58.6 cm³/mol. The van der Waals surface area contributed by atoms with Crippen LogP contribution in [0.15, 0.2) is 12.1 Å². The molecule has 0 spiro atoms. The average molecular weight is 209 g/mol. The van der Waals surface area contributed by atoms with Crippen molar-refractivity contribution in [3.05, 3.63) is 17.7 Å². The molecule has 0 saturated carbocycles. The molecule has 0 saturated heterocycles. The molecule has 1 aromatic rings. The molecule has 82 valence electrons. The largest absolute Gasteiger partial charge is 0.493 e. The number of nitrogen functional groups attached to an aromatic ring is 1. The minimum atomic E-state index is -0.0869. The minimum Gasteiger partial charge on any atom is -0.493 e. The Balaban J connectivity index is 3.23. The molecule has 15 heavy (non-hydrogen) atoms. The quantitative estimate of drug-likeness (QED) is 0.607. The van der Waals surface area contributed by atoms with Gasteiger partial charge in [0, 0.05) is 17.3 Å². The van der Waals surface area contributed by atoms with Crippen molar-refractivity contribution >= 4 is 11.5 Å². The first-order valence-electron chi connectivity index (χ1n) is 4.71. The number of carbonyl (C=O) groups excluding carboxylic acids is 1. The third kappa shape index (κ3) is 2.40. The van der Waals surface area contributed by atoms with Gasteiger partial charge in [-0.15, -0.1) is 0 Å². The number of methoxy groups -OCH3 is 1. The molecular weight excluding hydrogens is 194 g/mol. The van der Waals surface area contributed by atoms with Crippen molar-refractivity contribution < 1.29 is 14.3 Å². The van der Waals surface area contributed by atoms with E-state index in [9.17, 15) is 4.79 Å². The van der Waals surface area contributed by atoms with Crippen LogP contribution in [0.25, 0.3) is 0 Å². The lowest BCUT2D eigenvalue weighted by Gasteiger charge is -2.12. The van der Waals surface area contributed by atoms with Crippen molar-refractivity contribution in [2.24, 2.45) is 0 Å². The second-order valence-electron chi connectivity index (χ2n) is 3.08. The molecule has 1 aromatic carbocycles. The van der Waals surface area contributed by atoms with E-state index in [1.165, 1.54) is 14.0 Å². The highest BCUT2D eigenvalue weighted by molar-refractivity contribution is 5.99. The summed E-state index contributed by atoms with van der Waals surface area (Å²) in [4.78, 5) is 11.2. The molecule has 1 rings (SSSR count). The maximum Gasteiger partial charge on any atom is 0.162 e. The summed E-state index contributed by atoms with van der Waals surface area (Å²) in [6.45, 7) is 3.84. The van der Waals surface area contributed by atoms with E-state index in [4.69, 9.17) is 15.2 Å². The normalized spacial score (nSPS) is 9.80. The van der Waals surface area contributed by atoms with E-state index >= 15 is 0 Å². The van der Waals surface area contributed by atoms with Gasteiger partial charge in [0.25, 0.3) is 0 Å². The van der Waals surface area contributed by atoms with Gasteiger partial charge >= 0.3 is 0 Å². The molecule has 0 aliphatic carbocycles. The fourth-order valence-electron chi connectivity index (χ4n) is 1.31. The van der Waals surface area contributed by atoms with Crippen molar-refractivity contribution in [3.8, 4) is 11.5 Å². The van der Waals surface area contributed by atoms with Gasteiger partial charge in [0.05, 0.1) is 13.7 Å². The Hall–Kier alpha value is -1.71. The fraction of sp³-hybridized carbons (Fsp3) is 0.364. The zero-order valence-corrected chi connectivity index (χ0v) is 9.16. The van der Waals surface area contributed by atoms with Crippen LogP contribution in [0.2, 0.25) is 0 Å². The van der Waals surface area contributed by atoms with Crippen molar-refractivity contribution in [2.75, 3.05) is 19.5 Å². The molecule has 0 fully saturated rings. The Morgan fingerprint density at radius 1 is 1.40 bits per heavy atom. The van der Waals surface area contributed by atoms with E-state index in [-0.39, 0.29) is 5.78 Å². The summed E-state index contributed by atoms with van der Waals surface area (Å²) in [6, 6.07) is 3.21. The highest BCUT2D eigenvalue weighted by Gasteiger charge is 2.12. The van der Waals surface area contributed by atoms with Crippen LogP contribution >= 0.6 is 0 Å². The molecule has 0 aliphatic rings. The number of hydrogen-bond acceptors (Lipinski definition) is 4. The Morgan fingerprint density at radius 2 is 2.07 bits per heavy atom. The molecule has 0 heterocycles. The molecule has 2 N–H and O–H groups in total. The maximum atomic E-state index is 11.2.